The van der Waals surface area contributed by atoms with Crippen LogP contribution in [0.2, 0.25) is 0 Å². The van der Waals surface area contributed by atoms with E-state index in [1.807, 2.05) is 0 Å². The van der Waals surface area contributed by atoms with Gasteiger partial charge in [0.05, 0.1) is 0 Å². The second-order valence-corrected chi connectivity index (χ2v) is 3.53. The van der Waals surface area contributed by atoms with Gasteiger partial charge >= 0.3 is 0 Å². The molecule has 4 nitrogen and oxygen atoms in total. The van der Waals surface area contributed by atoms with Gasteiger partial charge < -0.3 is 21.7 Å². The first kappa shape index (κ1) is 14.7. The Hall–Kier alpha value is -1.26. The molecule has 16 heavy (non-hydrogen) atoms. The Kier molecular flexibility index (Phi) is 9.46. The quantitative estimate of drug-likeness (QED) is 0.451. The van der Waals surface area contributed by atoms with Crippen molar-refractivity contribution in [2.45, 2.75) is 25.7 Å². The van der Waals surface area contributed by atoms with Crippen LogP contribution in [0.3, 0.4) is 0 Å². The van der Waals surface area contributed by atoms with Gasteiger partial charge in [-0.1, -0.05) is 12.8 Å². The molecule has 0 bridgehead atoms. The maximum Gasteiger partial charge on any atom is 0.0431 e. The highest BCUT2D eigenvalue weighted by Gasteiger charge is 1.84. The number of aliphatic hydroxyl groups is 2. The molecule has 0 spiro atoms. The molecule has 0 aliphatic carbocycles. The molecule has 0 radical (unpaired) electrons. The minimum absolute atomic E-state index is 0.283. The predicted molar refractivity (Wildman–Crippen MR) is 67.9 cm³/mol. The molecule has 0 fully saturated rings. The molecule has 92 valence electrons. The number of aliphatic hydroxyl groups excluding tert-OH is 2. The number of benzene rings is 1. The van der Waals surface area contributed by atoms with Crippen molar-refractivity contribution in [2.24, 2.45) is 0 Å². The fourth-order valence-electron chi connectivity index (χ4n) is 1.07. The standard InChI is InChI=1S/C6H8N2.C6H14O2/c7-5-1-2-6(8)4-3-5;7-5-3-1-2-4-6-8/h1-4H,7-8H2;7-8H,1-6H2. The van der Waals surface area contributed by atoms with E-state index in [1.165, 1.54) is 0 Å². The van der Waals surface area contributed by atoms with Gasteiger partial charge in [0.2, 0.25) is 0 Å². The Morgan fingerprint density at radius 2 is 1.00 bits per heavy atom. The molecule has 0 saturated carbocycles. The summed E-state index contributed by atoms with van der Waals surface area (Å²) in [6, 6.07) is 7.09. The van der Waals surface area contributed by atoms with Gasteiger partial charge in [0, 0.05) is 24.6 Å². The summed E-state index contributed by atoms with van der Waals surface area (Å²) in [5, 5.41) is 16.6. The van der Waals surface area contributed by atoms with E-state index in [0.29, 0.717) is 0 Å². The third kappa shape index (κ3) is 9.30. The van der Waals surface area contributed by atoms with Crippen LogP contribution in [0, 0.1) is 0 Å². The SMILES string of the molecule is Nc1ccc(N)cc1.OCCCCCCO. The molecule has 0 saturated heterocycles. The Morgan fingerprint density at radius 1 is 0.688 bits per heavy atom. The fraction of sp³-hybridized carbons (Fsp3) is 0.500. The van der Waals surface area contributed by atoms with E-state index in [1.54, 1.807) is 24.3 Å². The summed E-state index contributed by atoms with van der Waals surface area (Å²) in [4.78, 5) is 0. The van der Waals surface area contributed by atoms with Gasteiger partial charge in [0.1, 0.15) is 0 Å². The molecule has 0 aromatic heterocycles. The van der Waals surface area contributed by atoms with Crippen LogP contribution in [-0.2, 0) is 0 Å². The summed E-state index contributed by atoms with van der Waals surface area (Å²) < 4.78 is 0. The van der Waals surface area contributed by atoms with E-state index >= 15 is 0 Å². The maximum absolute atomic E-state index is 8.30. The molecule has 1 aromatic carbocycles. The van der Waals surface area contributed by atoms with Crippen molar-refractivity contribution < 1.29 is 10.2 Å². The lowest BCUT2D eigenvalue weighted by Gasteiger charge is -1.93. The van der Waals surface area contributed by atoms with Crippen LogP contribution in [0.5, 0.6) is 0 Å². The van der Waals surface area contributed by atoms with Crippen LogP contribution in [0.15, 0.2) is 24.3 Å². The molecule has 0 aliphatic rings. The van der Waals surface area contributed by atoms with Crippen LogP contribution in [0.25, 0.3) is 0 Å². The van der Waals surface area contributed by atoms with Gasteiger partial charge in [-0.2, -0.15) is 0 Å². The zero-order valence-corrected chi connectivity index (χ0v) is 9.60. The highest BCUT2D eigenvalue weighted by atomic mass is 16.3. The van der Waals surface area contributed by atoms with Crippen LogP contribution >= 0.6 is 0 Å². The first-order valence-electron chi connectivity index (χ1n) is 5.53. The molecular weight excluding hydrogens is 204 g/mol. The zero-order chi connectivity index (χ0) is 12.2. The average molecular weight is 226 g/mol. The first-order valence-corrected chi connectivity index (χ1v) is 5.53. The molecule has 1 aromatic rings. The molecule has 4 heteroatoms. The second-order valence-electron chi connectivity index (χ2n) is 3.53. The Labute approximate surface area is 96.9 Å². The van der Waals surface area contributed by atoms with Crippen LogP contribution < -0.4 is 11.5 Å². The summed E-state index contributed by atoms with van der Waals surface area (Å²) in [5.74, 6) is 0. The van der Waals surface area contributed by atoms with Crippen LogP contribution in [0.1, 0.15) is 25.7 Å². The number of hydrogen-bond donors (Lipinski definition) is 4. The third-order valence-electron chi connectivity index (χ3n) is 2.00. The Morgan fingerprint density at radius 3 is 1.25 bits per heavy atom. The summed E-state index contributed by atoms with van der Waals surface area (Å²) in [5.41, 5.74) is 12.2. The van der Waals surface area contributed by atoms with Crippen LogP contribution in [-0.4, -0.2) is 23.4 Å². The first-order chi connectivity index (χ1) is 7.70. The summed E-state index contributed by atoms with van der Waals surface area (Å²) >= 11 is 0. The Bertz CT molecular complexity index is 223. The number of nitrogens with two attached hydrogens (primary N) is 2. The van der Waals surface area contributed by atoms with Crippen molar-refractivity contribution in [2.75, 3.05) is 24.7 Å². The summed E-state index contributed by atoms with van der Waals surface area (Å²) in [6.45, 7) is 0.566. The number of hydrogen-bond acceptors (Lipinski definition) is 4. The van der Waals surface area contributed by atoms with Gasteiger partial charge in [-0.25, -0.2) is 0 Å². The minimum Gasteiger partial charge on any atom is -0.399 e. The number of nitrogen functional groups attached to an aromatic ring is 2. The van der Waals surface area contributed by atoms with Crippen molar-refractivity contribution in [3.05, 3.63) is 24.3 Å². The molecule has 0 unspecified atom stereocenters. The zero-order valence-electron chi connectivity index (χ0n) is 9.60. The lowest BCUT2D eigenvalue weighted by molar-refractivity contribution is 0.265. The molecule has 0 aliphatic heterocycles. The second kappa shape index (κ2) is 10.3. The van der Waals surface area contributed by atoms with E-state index in [-0.39, 0.29) is 13.2 Å². The highest BCUT2D eigenvalue weighted by molar-refractivity contribution is 5.47. The van der Waals surface area contributed by atoms with Gasteiger partial charge in [0.25, 0.3) is 0 Å². The minimum atomic E-state index is 0.283. The fourth-order valence-corrected chi connectivity index (χ4v) is 1.07. The highest BCUT2D eigenvalue weighted by Crippen LogP contribution is 2.04. The third-order valence-corrected chi connectivity index (χ3v) is 2.00. The van der Waals surface area contributed by atoms with E-state index in [4.69, 9.17) is 21.7 Å². The maximum atomic E-state index is 8.30. The van der Waals surface area contributed by atoms with Crippen molar-refractivity contribution in [3.8, 4) is 0 Å². The van der Waals surface area contributed by atoms with Crippen molar-refractivity contribution >= 4 is 11.4 Å². The monoisotopic (exact) mass is 226 g/mol. The molecule has 1 rings (SSSR count). The molecule has 6 N–H and O–H groups in total. The predicted octanol–water partition coefficient (Wildman–Crippen LogP) is 1.38. The molecular formula is C12H22N2O2. The summed E-state index contributed by atoms with van der Waals surface area (Å²) in [6.07, 6.45) is 3.83. The number of unbranched alkanes of at least 4 members (excludes halogenated alkanes) is 3. The molecule has 0 atom stereocenters. The van der Waals surface area contributed by atoms with Gasteiger partial charge in [-0.3, -0.25) is 0 Å². The van der Waals surface area contributed by atoms with Crippen molar-refractivity contribution in [1.82, 2.24) is 0 Å². The van der Waals surface area contributed by atoms with Crippen molar-refractivity contribution in [1.29, 1.82) is 0 Å². The smallest absolute Gasteiger partial charge is 0.0431 e. The lowest BCUT2D eigenvalue weighted by Crippen LogP contribution is -1.86. The number of rotatable bonds is 5. The number of anilines is 2. The van der Waals surface area contributed by atoms with E-state index in [2.05, 4.69) is 0 Å². The van der Waals surface area contributed by atoms with Gasteiger partial charge in [0.15, 0.2) is 0 Å². The van der Waals surface area contributed by atoms with Gasteiger partial charge in [-0.05, 0) is 37.1 Å². The Balaban J connectivity index is 0.000000281. The van der Waals surface area contributed by atoms with E-state index < -0.39 is 0 Å². The largest absolute Gasteiger partial charge is 0.399 e. The van der Waals surface area contributed by atoms with Gasteiger partial charge in [-0.15, -0.1) is 0 Å². The topological polar surface area (TPSA) is 92.5 Å². The molecule has 0 amide bonds. The average Bonchev–Trinajstić information content (AvgIpc) is 2.30. The lowest BCUT2D eigenvalue weighted by atomic mass is 10.2. The van der Waals surface area contributed by atoms with E-state index in [9.17, 15) is 0 Å². The van der Waals surface area contributed by atoms with Crippen LogP contribution in [0.4, 0.5) is 11.4 Å². The summed E-state index contributed by atoms with van der Waals surface area (Å²) in [7, 11) is 0. The normalized spacial score (nSPS) is 9.38. The van der Waals surface area contributed by atoms with E-state index in [0.717, 1.165) is 37.1 Å². The van der Waals surface area contributed by atoms with Crippen molar-refractivity contribution in [3.63, 3.8) is 0 Å². The molecule has 0 heterocycles.